The summed E-state index contributed by atoms with van der Waals surface area (Å²) < 4.78 is 0. The lowest BCUT2D eigenvalue weighted by Crippen LogP contribution is -2.45. The number of aromatic nitrogens is 3. The van der Waals surface area contributed by atoms with Gasteiger partial charge in [-0.3, -0.25) is 4.98 Å². The maximum Gasteiger partial charge on any atom is 0.159 e. The molecule has 0 aliphatic carbocycles. The van der Waals surface area contributed by atoms with Gasteiger partial charge in [0.15, 0.2) is 11.6 Å². The Hall–Kier alpha value is -2.41. The zero-order valence-corrected chi connectivity index (χ0v) is 12.0. The molecule has 0 atom stereocenters. The fraction of sp³-hybridized carbons (Fsp3) is 0.357. The van der Waals surface area contributed by atoms with Gasteiger partial charge in [0, 0.05) is 32.4 Å². The zero-order chi connectivity index (χ0) is 14.7. The van der Waals surface area contributed by atoms with Crippen LogP contribution in [0.3, 0.4) is 0 Å². The summed E-state index contributed by atoms with van der Waals surface area (Å²) in [5.74, 6) is 1.41. The van der Waals surface area contributed by atoms with E-state index in [0.29, 0.717) is 11.5 Å². The molecule has 7 heteroatoms. The number of nitrogens with one attached hydrogen (secondary N) is 1. The van der Waals surface area contributed by atoms with Gasteiger partial charge in [-0.1, -0.05) is 0 Å². The smallest absolute Gasteiger partial charge is 0.159 e. The highest BCUT2D eigenvalue weighted by atomic mass is 15.3. The quantitative estimate of drug-likeness (QED) is 0.868. The Morgan fingerprint density at radius 3 is 2.71 bits per heavy atom. The van der Waals surface area contributed by atoms with E-state index in [1.54, 1.807) is 18.7 Å². The van der Waals surface area contributed by atoms with Gasteiger partial charge >= 0.3 is 0 Å². The molecule has 21 heavy (non-hydrogen) atoms. The summed E-state index contributed by atoms with van der Waals surface area (Å²) >= 11 is 0. The lowest BCUT2D eigenvalue weighted by Gasteiger charge is -2.33. The molecule has 110 valence electrons. The third kappa shape index (κ3) is 3.03. The summed E-state index contributed by atoms with van der Waals surface area (Å²) in [5, 5.41) is 3.18. The molecule has 2 aromatic heterocycles. The second kappa shape index (κ2) is 5.92. The number of piperazine rings is 1. The molecule has 7 nitrogen and oxygen atoms in total. The number of hydrogen-bond acceptors (Lipinski definition) is 7. The summed E-state index contributed by atoms with van der Waals surface area (Å²) in [7, 11) is 2.12. The number of rotatable bonds is 3. The lowest BCUT2D eigenvalue weighted by atomic mass is 10.3. The van der Waals surface area contributed by atoms with Crippen molar-refractivity contribution in [3.63, 3.8) is 0 Å². The largest absolute Gasteiger partial charge is 0.393 e. The summed E-state index contributed by atoms with van der Waals surface area (Å²) in [6.07, 6.45) is 5.00. The second-order valence-electron chi connectivity index (χ2n) is 5.12. The van der Waals surface area contributed by atoms with Crippen LogP contribution in [0, 0.1) is 0 Å². The first-order valence-electron chi connectivity index (χ1n) is 6.95. The minimum absolute atomic E-state index is 0.575. The lowest BCUT2D eigenvalue weighted by molar-refractivity contribution is 0.312. The van der Waals surface area contributed by atoms with Crippen LogP contribution < -0.4 is 16.0 Å². The van der Waals surface area contributed by atoms with Gasteiger partial charge in [-0.25, -0.2) is 9.97 Å². The third-order valence-corrected chi connectivity index (χ3v) is 3.59. The van der Waals surface area contributed by atoms with Gasteiger partial charge < -0.3 is 20.9 Å². The van der Waals surface area contributed by atoms with Crippen molar-refractivity contribution in [3.05, 3.63) is 30.9 Å². The first kappa shape index (κ1) is 13.6. The van der Waals surface area contributed by atoms with Crippen LogP contribution in [0.4, 0.5) is 23.0 Å². The average molecular weight is 285 g/mol. The normalized spacial score (nSPS) is 16.0. The van der Waals surface area contributed by atoms with E-state index in [1.807, 2.05) is 12.1 Å². The van der Waals surface area contributed by atoms with Crippen molar-refractivity contribution in [2.75, 3.05) is 49.2 Å². The molecule has 2 aromatic rings. The number of nitrogens with two attached hydrogens (primary N) is 1. The second-order valence-corrected chi connectivity index (χ2v) is 5.12. The zero-order valence-electron chi connectivity index (χ0n) is 12.0. The van der Waals surface area contributed by atoms with Crippen LogP contribution in [0.2, 0.25) is 0 Å². The van der Waals surface area contributed by atoms with Crippen molar-refractivity contribution >= 4 is 23.0 Å². The predicted molar refractivity (Wildman–Crippen MR) is 83.7 cm³/mol. The molecular formula is C14H19N7. The first-order valence-corrected chi connectivity index (χ1v) is 6.95. The van der Waals surface area contributed by atoms with Crippen LogP contribution >= 0.6 is 0 Å². The SMILES string of the molecule is CN1CCN(c2ncnc(Nc3cccnc3)c2N)CC1. The molecule has 3 rings (SSSR count). The molecular weight excluding hydrogens is 266 g/mol. The Labute approximate surface area is 123 Å². The maximum absolute atomic E-state index is 6.23. The van der Waals surface area contributed by atoms with Crippen molar-refractivity contribution in [1.29, 1.82) is 0 Å². The van der Waals surface area contributed by atoms with Gasteiger partial charge in [0.05, 0.1) is 11.9 Å². The molecule has 0 amide bonds. The highest BCUT2D eigenvalue weighted by Crippen LogP contribution is 2.28. The monoisotopic (exact) mass is 285 g/mol. The fourth-order valence-electron chi connectivity index (χ4n) is 2.33. The van der Waals surface area contributed by atoms with E-state index >= 15 is 0 Å². The minimum Gasteiger partial charge on any atom is -0.393 e. The van der Waals surface area contributed by atoms with E-state index in [0.717, 1.165) is 37.7 Å². The van der Waals surface area contributed by atoms with Gasteiger partial charge in [-0.05, 0) is 19.2 Å². The number of likely N-dealkylation sites (N-methyl/N-ethyl adjacent to an activating group) is 1. The van der Waals surface area contributed by atoms with E-state index in [9.17, 15) is 0 Å². The average Bonchev–Trinajstić information content (AvgIpc) is 2.52. The van der Waals surface area contributed by atoms with Crippen molar-refractivity contribution < 1.29 is 0 Å². The van der Waals surface area contributed by atoms with Gasteiger partial charge in [-0.15, -0.1) is 0 Å². The molecule has 3 N–H and O–H groups in total. The first-order chi connectivity index (χ1) is 10.2. The molecule has 0 bridgehead atoms. The number of hydrogen-bond donors (Lipinski definition) is 2. The highest BCUT2D eigenvalue weighted by Gasteiger charge is 2.19. The van der Waals surface area contributed by atoms with E-state index < -0.39 is 0 Å². The van der Waals surface area contributed by atoms with Crippen molar-refractivity contribution in [3.8, 4) is 0 Å². The predicted octanol–water partition coefficient (Wildman–Crippen LogP) is 0.949. The van der Waals surface area contributed by atoms with Gasteiger partial charge in [0.25, 0.3) is 0 Å². The molecule has 0 unspecified atom stereocenters. The molecule has 0 saturated carbocycles. The van der Waals surface area contributed by atoms with E-state index in [4.69, 9.17) is 5.73 Å². The van der Waals surface area contributed by atoms with Gasteiger partial charge in [-0.2, -0.15) is 0 Å². The van der Waals surface area contributed by atoms with Gasteiger partial charge in [0.2, 0.25) is 0 Å². The molecule has 1 aliphatic rings. The van der Waals surface area contributed by atoms with Crippen LogP contribution in [0.1, 0.15) is 0 Å². The molecule has 1 saturated heterocycles. The summed E-state index contributed by atoms with van der Waals surface area (Å²) in [4.78, 5) is 17.1. The Kier molecular flexibility index (Phi) is 3.83. The van der Waals surface area contributed by atoms with Crippen LogP contribution in [0.15, 0.2) is 30.9 Å². The third-order valence-electron chi connectivity index (χ3n) is 3.59. The van der Waals surface area contributed by atoms with Gasteiger partial charge in [0.1, 0.15) is 12.0 Å². The standard InChI is InChI=1S/C14H19N7/c1-20-5-7-21(8-6-20)14-12(15)13(17-10-18-14)19-11-3-2-4-16-9-11/h2-4,9-10H,5-8,15H2,1H3,(H,17,18,19). The Morgan fingerprint density at radius 1 is 1.19 bits per heavy atom. The number of nitrogen functional groups attached to an aromatic ring is 1. The maximum atomic E-state index is 6.23. The van der Waals surface area contributed by atoms with E-state index in [-0.39, 0.29) is 0 Å². The molecule has 0 aromatic carbocycles. The number of pyridine rings is 1. The number of anilines is 4. The van der Waals surface area contributed by atoms with Crippen molar-refractivity contribution in [2.45, 2.75) is 0 Å². The number of nitrogens with zero attached hydrogens (tertiary/aromatic N) is 5. The molecule has 0 radical (unpaired) electrons. The fourth-order valence-corrected chi connectivity index (χ4v) is 2.33. The van der Waals surface area contributed by atoms with Crippen molar-refractivity contribution in [2.24, 2.45) is 0 Å². The molecule has 3 heterocycles. The topological polar surface area (TPSA) is 83.2 Å². The Morgan fingerprint density at radius 2 is 2.00 bits per heavy atom. The Balaban J connectivity index is 1.82. The van der Waals surface area contributed by atoms with E-state index in [1.165, 1.54) is 0 Å². The highest BCUT2D eigenvalue weighted by molar-refractivity contribution is 5.78. The summed E-state index contributed by atoms with van der Waals surface area (Å²) in [6, 6.07) is 3.78. The van der Waals surface area contributed by atoms with Crippen LogP contribution in [-0.4, -0.2) is 53.1 Å². The molecule has 1 fully saturated rings. The Bertz CT molecular complexity index is 594. The summed E-state index contributed by atoms with van der Waals surface area (Å²) in [6.45, 7) is 3.86. The summed E-state index contributed by atoms with van der Waals surface area (Å²) in [5.41, 5.74) is 7.66. The van der Waals surface area contributed by atoms with Crippen LogP contribution in [0.25, 0.3) is 0 Å². The van der Waals surface area contributed by atoms with Crippen LogP contribution in [0.5, 0.6) is 0 Å². The van der Waals surface area contributed by atoms with Crippen LogP contribution in [-0.2, 0) is 0 Å². The van der Waals surface area contributed by atoms with E-state index in [2.05, 4.69) is 37.1 Å². The van der Waals surface area contributed by atoms with Crippen molar-refractivity contribution in [1.82, 2.24) is 19.9 Å². The molecule has 1 aliphatic heterocycles. The molecule has 0 spiro atoms. The minimum atomic E-state index is 0.575.